The van der Waals surface area contributed by atoms with Crippen LogP contribution in [0.4, 0.5) is 0 Å². The van der Waals surface area contributed by atoms with E-state index < -0.39 is 5.97 Å². The predicted octanol–water partition coefficient (Wildman–Crippen LogP) is 2.91. The third-order valence-electron chi connectivity index (χ3n) is 3.05. The quantitative estimate of drug-likeness (QED) is 0.930. The molecule has 17 heavy (non-hydrogen) atoms. The number of hydrogen-bond acceptors (Lipinski definition) is 2. The van der Waals surface area contributed by atoms with Gasteiger partial charge in [0.25, 0.3) is 0 Å². The van der Waals surface area contributed by atoms with Gasteiger partial charge < -0.3 is 14.4 Å². The molecule has 0 bridgehead atoms. The summed E-state index contributed by atoms with van der Waals surface area (Å²) in [5.41, 5.74) is 0.327. The average molecular weight is 302 g/mol. The highest BCUT2D eigenvalue weighted by atomic mass is 79.9. The number of rotatable bonds is 4. The van der Waals surface area contributed by atoms with E-state index in [1.54, 1.807) is 10.6 Å². The van der Waals surface area contributed by atoms with Crippen molar-refractivity contribution in [2.75, 3.05) is 6.61 Å². The molecule has 0 aliphatic carbocycles. The van der Waals surface area contributed by atoms with Crippen molar-refractivity contribution in [2.24, 2.45) is 0 Å². The first kappa shape index (κ1) is 12.6. The number of nitrogens with zero attached hydrogens (tertiary/aromatic N) is 1. The highest BCUT2D eigenvalue weighted by Gasteiger charge is 2.16. The van der Waals surface area contributed by atoms with Crippen molar-refractivity contribution in [3.05, 3.63) is 22.4 Å². The Morgan fingerprint density at radius 2 is 2.41 bits per heavy atom. The molecule has 2 rings (SSSR count). The molecule has 1 N–H and O–H groups in total. The number of hydrogen-bond donors (Lipinski definition) is 1. The van der Waals surface area contributed by atoms with Crippen LogP contribution in [0.2, 0.25) is 0 Å². The molecule has 4 nitrogen and oxygen atoms in total. The van der Waals surface area contributed by atoms with Gasteiger partial charge in [0.2, 0.25) is 0 Å². The van der Waals surface area contributed by atoms with Gasteiger partial charge >= 0.3 is 5.97 Å². The Hall–Kier alpha value is -0.810. The molecule has 1 aliphatic heterocycles. The molecule has 0 aromatic carbocycles. The van der Waals surface area contributed by atoms with Crippen molar-refractivity contribution in [1.82, 2.24) is 4.57 Å². The van der Waals surface area contributed by atoms with Crippen LogP contribution in [0.1, 0.15) is 36.2 Å². The Kier molecular flexibility index (Phi) is 4.23. The lowest BCUT2D eigenvalue weighted by molar-refractivity contribution is 0.00860. The highest BCUT2D eigenvalue weighted by Crippen LogP contribution is 2.19. The largest absolute Gasteiger partial charge is 0.477 e. The maximum atomic E-state index is 11.0. The second kappa shape index (κ2) is 5.69. The van der Waals surface area contributed by atoms with Gasteiger partial charge in [0.05, 0.1) is 6.10 Å². The minimum Gasteiger partial charge on any atom is -0.477 e. The van der Waals surface area contributed by atoms with E-state index in [0.717, 1.165) is 30.3 Å². The number of aryl methyl sites for hydroxylation is 1. The van der Waals surface area contributed by atoms with Gasteiger partial charge in [-0.15, -0.1) is 0 Å². The summed E-state index contributed by atoms with van der Waals surface area (Å²) >= 11 is 3.30. The van der Waals surface area contributed by atoms with Crippen molar-refractivity contribution in [3.63, 3.8) is 0 Å². The van der Waals surface area contributed by atoms with Gasteiger partial charge in [-0.05, 0) is 47.7 Å². The number of carboxylic acids is 1. The van der Waals surface area contributed by atoms with E-state index in [9.17, 15) is 4.79 Å². The summed E-state index contributed by atoms with van der Waals surface area (Å²) in [6, 6.07) is 1.63. The maximum absolute atomic E-state index is 11.0. The van der Waals surface area contributed by atoms with Crippen LogP contribution in [-0.4, -0.2) is 28.4 Å². The lowest BCUT2D eigenvalue weighted by Crippen LogP contribution is -2.21. The smallest absolute Gasteiger partial charge is 0.352 e. The van der Waals surface area contributed by atoms with Gasteiger partial charge in [-0.2, -0.15) is 0 Å². The third-order valence-corrected chi connectivity index (χ3v) is 3.48. The lowest BCUT2D eigenvalue weighted by atomic mass is 10.1. The zero-order chi connectivity index (χ0) is 12.3. The van der Waals surface area contributed by atoms with Crippen LogP contribution >= 0.6 is 15.9 Å². The van der Waals surface area contributed by atoms with Crippen LogP contribution in [0.5, 0.6) is 0 Å². The molecule has 0 spiro atoms. The summed E-state index contributed by atoms with van der Waals surface area (Å²) in [6.07, 6.45) is 6.42. The van der Waals surface area contributed by atoms with Gasteiger partial charge in [0.15, 0.2) is 0 Å². The molecule has 0 radical (unpaired) electrons. The van der Waals surface area contributed by atoms with Crippen LogP contribution in [-0.2, 0) is 11.3 Å². The molecule has 2 heterocycles. The number of ether oxygens (including phenoxy) is 1. The van der Waals surface area contributed by atoms with Crippen LogP contribution in [0.3, 0.4) is 0 Å². The zero-order valence-electron chi connectivity index (χ0n) is 9.56. The second-order valence-corrected chi connectivity index (χ2v) is 5.24. The predicted molar refractivity (Wildman–Crippen MR) is 67.3 cm³/mol. The molecule has 1 atom stereocenters. The van der Waals surface area contributed by atoms with E-state index in [4.69, 9.17) is 9.84 Å². The van der Waals surface area contributed by atoms with Crippen LogP contribution in [0, 0.1) is 0 Å². The zero-order valence-corrected chi connectivity index (χ0v) is 11.1. The van der Waals surface area contributed by atoms with E-state index in [-0.39, 0.29) is 6.10 Å². The minimum absolute atomic E-state index is 0.284. The van der Waals surface area contributed by atoms with Gasteiger partial charge in [-0.3, -0.25) is 0 Å². The Morgan fingerprint density at radius 1 is 1.59 bits per heavy atom. The maximum Gasteiger partial charge on any atom is 0.352 e. The highest BCUT2D eigenvalue weighted by molar-refractivity contribution is 9.10. The summed E-state index contributed by atoms with van der Waals surface area (Å²) in [4.78, 5) is 11.0. The van der Waals surface area contributed by atoms with Crippen molar-refractivity contribution in [3.8, 4) is 0 Å². The lowest BCUT2D eigenvalue weighted by Gasteiger charge is -2.22. The third kappa shape index (κ3) is 3.33. The normalized spacial score (nSPS) is 20.4. The molecule has 94 valence electrons. The van der Waals surface area contributed by atoms with E-state index >= 15 is 0 Å². The van der Waals surface area contributed by atoms with E-state index in [0.29, 0.717) is 12.2 Å². The van der Waals surface area contributed by atoms with Gasteiger partial charge in [-0.1, -0.05) is 0 Å². The molecule has 1 fully saturated rings. The molecule has 5 heteroatoms. The number of carbonyl (C=O) groups is 1. The van der Waals surface area contributed by atoms with Gasteiger partial charge in [0.1, 0.15) is 5.69 Å². The first-order valence-electron chi connectivity index (χ1n) is 5.87. The Labute approximate surface area is 109 Å². The molecule has 1 aliphatic rings. The molecule has 0 saturated carbocycles. The molecule has 1 aromatic rings. The number of aromatic carboxylic acids is 1. The van der Waals surface area contributed by atoms with Crippen LogP contribution in [0.15, 0.2) is 16.7 Å². The monoisotopic (exact) mass is 301 g/mol. The standard InChI is InChI=1S/C12H16BrNO3/c13-9-7-11(12(15)16)14(8-9)5-4-10-3-1-2-6-17-10/h7-8,10H,1-6H2,(H,15,16). The number of carboxylic acid groups (broad SMARTS) is 1. The Bertz CT molecular complexity index is 396. The average Bonchev–Trinajstić information content (AvgIpc) is 2.69. The summed E-state index contributed by atoms with van der Waals surface area (Å²) in [7, 11) is 0. The van der Waals surface area contributed by atoms with Crippen molar-refractivity contribution >= 4 is 21.9 Å². The summed E-state index contributed by atoms with van der Waals surface area (Å²) in [6.45, 7) is 1.53. The van der Waals surface area contributed by atoms with Gasteiger partial charge in [-0.25, -0.2) is 4.79 Å². The van der Waals surface area contributed by atoms with Crippen LogP contribution < -0.4 is 0 Å². The number of halogens is 1. The molecule has 0 amide bonds. The number of aromatic nitrogens is 1. The van der Waals surface area contributed by atoms with Gasteiger partial charge in [0, 0.05) is 23.8 Å². The fourth-order valence-corrected chi connectivity index (χ4v) is 2.62. The topological polar surface area (TPSA) is 51.5 Å². The summed E-state index contributed by atoms with van der Waals surface area (Å²) < 4.78 is 8.21. The Morgan fingerprint density at radius 3 is 3.06 bits per heavy atom. The van der Waals surface area contributed by atoms with Crippen molar-refractivity contribution in [2.45, 2.75) is 38.3 Å². The summed E-state index contributed by atoms with van der Waals surface area (Å²) in [5.74, 6) is -0.889. The molecule has 1 aromatic heterocycles. The van der Waals surface area contributed by atoms with Crippen molar-refractivity contribution in [1.29, 1.82) is 0 Å². The van der Waals surface area contributed by atoms with E-state index in [1.165, 1.54) is 6.42 Å². The minimum atomic E-state index is -0.889. The first-order chi connectivity index (χ1) is 8.16. The molecule has 1 unspecified atom stereocenters. The first-order valence-corrected chi connectivity index (χ1v) is 6.66. The van der Waals surface area contributed by atoms with E-state index in [2.05, 4.69) is 15.9 Å². The Balaban J connectivity index is 1.95. The fraction of sp³-hybridized carbons (Fsp3) is 0.583. The van der Waals surface area contributed by atoms with Crippen LogP contribution in [0.25, 0.3) is 0 Å². The van der Waals surface area contributed by atoms with Crippen molar-refractivity contribution < 1.29 is 14.6 Å². The van der Waals surface area contributed by atoms with E-state index in [1.807, 2.05) is 6.20 Å². The SMILES string of the molecule is O=C(O)c1cc(Br)cn1CCC1CCCCO1. The molecule has 1 saturated heterocycles. The summed E-state index contributed by atoms with van der Waals surface area (Å²) in [5, 5.41) is 9.04. The fourth-order valence-electron chi connectivity index (χ4n) is 2.16. The molecular formula is C12H16BrNO3. The molecular weight excluding hydrogens is 286 g/mol. The second-order valence-electron chi connectivity index (χ2n) is 4.32.